The Morgan fingerprint density at radius 1 is 1.07 bits per heavy atom. The molecule has 1 aliphatic rings. The predicted molar refractivity (Wildman–Crippen MR) is 165 cm³/mol. The van der Waals surface area contributed by atoms with Crippen molar-refractivity contribution < 1.29 is 36.6 Å². The molecule has 3 aromatic carbocycles. The highest BCUT2D eigenvalue weighted by Gasteiger charge is 2.35. The number of aryl methyl sites for hydroxylation is 1. The highest BCUT2D eigenvalue weighted by molar-refractivity contribution is 9.10. The van der Waals surface area contributed by atoms with Crippen LogP contribution in [0.3, 0.4) is 0 Å². The first-order valence-corrected chi connectivity index (χ1v) is 15.9. The number of hydrogen-bond acceptors (Lipinski definition) is 10. The second-order valence-electron chi connectivity index (χ2n) is 9.70. The first-order valence-electron chi connectivity index (χ1n) is 12.9. The van der Waals surface area contributed by atoms with Gasteiger partial charge in [-0.25, -0.2) is 0 Å². The number of nitrogens with zero attached hydrogens (tertiary/aromatic N) is 2. The topological polar surface area (TPSA) is 142 Å². The number of nitro groups is 1. The van der Waals surface area contributed by atoms with Crippen molar-refractivity contribution in [3.63, 3.8) is 0 Å². The standard InChI is InChI=1S/C29H27BrN2O9S2/c1-17(2)22-10-5-18(3)13-24(22)40-12-11-31-28(33)26(42-29(31)34)16-19-14-23(30)27(25(15-19)39-4)41-43(37,38)21-8-6-20(7-9-21)32(35)36/h5-10,13-17H,11-12H2,1-4H3/b26-16-. The number of amides is 2. The molecule has 0 atom stereocenters. The molecule has 3 aromatic rings. The zero-order valence-corrected chi connectivity index (χ0v) is 26.7. The third-order valence-corrected chi connectivity index (χ3v) is 9.05. The Morgan fingerprint density at radius 3 is 2.40 bits per heavy atom. The summed E-state index contributed by atoms with van der Waals surface area (Å²) >= 11 is 4.07. The van der Waals surface area contributed by atoms with Crippen LogP contribution >= 0.6 is 27.7 Å². The third kappa shape index (κ3) is 7.37. The van der Waals surface area contributed by atoms with Crippen molar-refractivity contribution >= 4 is 60.7 Å². The van der Waals surface area contributed by atoms with Crippen LogP contribution in [-0.2, 0) is 14.9 Å². The lowest BCUT2D eigenvalue weighted by molar-refractivity contribution is -0.384. The van der Waals surface area contributed by atoms with E-state index in [0.29, 0.717) is 11.3 Å². The zero-order valence-electron chi connectivity index (χ0n) is 23.5. The molecular formula is C29H27BrN2O9S2. The molecule has 0 spiro atoms. The molecule has 1 saturated heterocycles. The molecule has 0 saturated carbocycles. The van der Waals surface area contributed by atoms with Gasteiger partial charge >= 0.3 is 10.1 Å². The molecular weight excluding hydrogens is 664 g/mol. The van der Waals surface area contributed by atoms with Gasteiger partial charge in [0.05, 0.1) is 28.0 Å². The van der Waals surface area contributed by atoms with Crippen molar-refractivity contribution in [1.29, 1.82) is 0 Å². The minimum absolute atomic E-state index is 0.0258. The summed E-state index contributed by atoms with van der Waals surface area (Å²) in [6.45, 7) is 6.27. The number of hydrogen-bond donors (Lipinski definition) is 0. The van der Waals surface area contributed by atoms with Crippen LogP contribution < -0.4 is 13.7 Å². The van der Waals surface area contributed by atoms with E-state index in [-0.39, 0.29) is 50.5 Å². The fraction of sp³-hybridized carbons (Fsp3) is 0.241. The summed E-state index contributed by atoms with van der Waals surface area (Å²) in [4.78, 5) is 37.0. The Morgan fingerprint density at radius 2 is 1.77 bits per heavy atom. The van der Waals surface area contributed by atoms with E-state index in [1.807, 2.05) is 25.1 Å². The number of ether oxygens (including phenoxy) is 2. The lowest BCUT2D eigenvalue weighted by Crippen LogP contribution is -2.32. The van der Waals surface area contributed by atoms with Gasteiger partial charge in [-0.15, -0.1) is 0 Å². The van der Waals surface area contributed by atoms with Crippen LogP contribution in [0.25, 0.3) is 6.08 Å². The number of benzene rings is 3. The Hall–Kier alpha value is -3.88. The molecule has 0 radical (unpaired) electrons. The van der Waals surface area contributed by atoms with Gasteiger partial charge in [-0.1, -0.05) is 26.0 Å². The van der Waals surface area contributed by atoms with Crippen LogP contribution in [-0.4, -0.2) is 49.6 Å². The molecule has 226 valence electrons. The lowest BCUT2D eigenvalue weighted by Gasteiger charge is -2.17. The van der Waals surface area contributed by atoms with Crippen molar-refractivity contribution in [2.45, 2.75) is 31.6 Å². The number of thioether (sulfide) groups is 1. The second-order valence-corrected chi connectivity index (χ2v) is 13.1. The van der Waals surface area contributed by atoms with Gasteiger partial charge in [0.1, 0.15) is 17.3 Å². The molecule has 4 rings (SSSR count). The van der Waals surface area contributed by atoms with E-state index >= 15 is 0 Å². The van der Waals surface area contributed by atoms with Crippen molar-refractivity contribution in [3.05, 3.63) is 90.8 Å². The quantitative estimate of drug-likeness (QED) is 0.0925. The number of imide groups is 1. The number of non-ortho nitro benzene ring substituents is 1. The van der Waals surface area contributed by atoms with Crippen molar-refractivity contribution in [1.82, 2.24) is 4.90 Å². The van der Waals surface area contributed by atoms with Crippen LogP contribution in [0.5, 0.6) is 17.2 Å². The average molecular weight is 692 g/mol. The van der Waals surface area contributed by atoms with Gasteiger partial charge in [-0.05, 0) is 93.6 Å². The Labute approximate surface area is 261 Å². The molecule has 14 heteroatoms. The summed E-state index contributed by atoms with van der Waals surface area (Å²) in [5.41, 5.74) is 2.24. The monoisotopic (exact) mass is 690 g/mol. The van der Waals surface area contributed by atoms with Crippen molar-refractivity contribution in [3.8, 4) is 17.2 Å². The minimum atomic E-state index is -4.38. The highest BCUT2D eigenvalue weighted by Crippen LogP contribution is 2.40. The Kier molecular flexibility index (Phi) is 9.82. The van der Waals surface area contributed by atoms with Gasteiger partial charge in [-0.3, -0.25) is 24.6 Å². The van der Waals surface area contributed by atoms with Gasteiger partial charge in [0.25, 0.3) is 16.8 Å². The maximum Gasteiger partial charge on any atom is 0.339 e. The van der Waals surface area contributed by atoms with E-state index in [4.69, 9.17) is 13.7 Å². The first-order chi connectivity index (χ1) is 20.3. The van der Waals surface area contributed by atoms with Crippen LogP contribution in [0.15, 0.2) is 68.9 Å². The van der Waals surface area contributed by atoms with Gasteiger partial charge in [-0.2, -0.15) is 8.42 Å². The summed E-state index contributed by atoms with van der Waals surface area (Å²) < 4.78 is 42.5. The largest absolute Gasteiger partial charge is 0.493 e. The summed E-state index contributed by atoms with van der Waals surface area (Å²) in [6, 6.07) is 13.1. The number of carbonyl (C=O) groups is 2. The maximum absolute atomic E-state index is 13.1. The first kappa shape index (κ1) is 32.0. The summed E-state index contributed by atoms with van der Waals surface area (Å²) in [7, 11) is -3.07. The molecule has 0 unspecified atom stereocenters. The Balaban J connectivity index is 1.49. The molecule has 0 aliphatic carbocycles. The number of methoxy groups -OCH3 is 1. The summed E-state index contributed by atoms with van der Waals surface area (Å²) in [6.07, 6.45) is 1.49. The van der Waals surface area contributed by atoms with E-state index in [0.717, 1.165) is 52.1 Å². The van der Waals surface area contributed by atoms with Crippen LogP contribution in [0.4, 0.5) is 10.5 Å². The Bertz CT molecular complexity index is 1720. The second kappa shape index (κ2) is 13.2. The number of halogens is 1. The molecule has 1 fully saturated rings. The van der Waals surface area contributed by atoms with Crippen molar-refractivity contribution in [2.24, 2.45) is 0 Å². The van der Waals surface area contributed by atoms with Crippen LogP contribution in [0, 0.1) is 17.0 Å². The van der Waals surface area contributed by atoms with Crippen LogP contribution in [0.2, 0.25) is 0 Å². The number of rotatable bonds is 11. The normalized spacial score (nSPS) is 14.5. The average Bonchev–Trinajstić information content (AvgIpc) is 3.21. The van der Waals surface area contributed by atoms with Gasteiger partial charge in [0.2, 0.25) is 0 Å². The van der Waals surface area contributed by atoms with Crippen molar-refractivity contribution in [2.75, 3.05) is 20.3 Å². The minimum Gasteiger partial charge on any atom is -0.493 e. The smallest absolute Gasteiger partial charge is 0.339 e. The third-order valence-electron chi connectivity index (χ3n) is 6.32. The SMILES string of the molecule is COc1cc(/C=C2\SC(=O)N(CCOc3cc(C)ccc3C(C)C)C2=O)cc(Br)c1OS(=O)(=O)c1ccc([N+](=O)[O-])cc1. The van der Waals surface area contributed by atoms with E-state index in [2.05, 4.69) is 29.8 Å². The molecule has 1 heterocycles. The molecule has 0 N–H and O–H groups in total. The lowest BCUT2D eigenvalue weighted by atomic mass is 10.0. The molecule has 43 heavy (non-hydrogen) atoms. The summed E-state index contributed by atoms with van der Waals surface area (Å²) in [5, 5.41) is 10.4. The van der Waals surface area contributed by atoms with Gasteiger partial charge < -0.3 is 13.7 Å². The molecule has 0 bridgehead atoms. The fourth-order valence-corrected chi connectivity index (χ4v) is 6.60. The molecule has 0 aromatic heterocycles. The van der Waals surface area contributed by atoms with Gasteiger partial charge in [0, 0.05) is 12.1 Å². The van der Waals surface area contributed by atoms with Gasteiger partial charge in [0.15, 0.2) is 11.5 Å². The van der Waals surface area contributed by atoms with E-state index in [1.165, 1.54) is 25.3 Å². The molecule has 2 amide bonds. The van der Waals surface area contributed by atoms with Crippen LogP contribution in [0.1, 0.15) is 36.5 Å². The predicted octanol–water partition coefficient (Wildman–Crippen LogP) is 6.68. The van der Waals surface area contributed by atoms with E-state index < -0.39 is 26.2 Å². The van der Waals surface area contributed by atoms with E-state index in [1.54, 1.807) is 0 Å². The highest BCUT2D eigenvalue weighted by atomic mass is 79.9. The maximum atomic E-state index is 13.1. The number of carbonyl (C=O) groups excluding carboxylic acids is 2. The summed E-state index contributed by atoms with van der Waals surface area (Å²) in [5.74, 6) is 0.333. The zero-order chi connectivity index (χ0) is 31.5. The molecule has 11 nitrogen and oxygen atoms in total. The fourth-order valence-electron chi connectivity index (χ4n) is 4.13. The number of nitro benzene ring substituents is 1. The molecule has 1 aliphatic heterocycles. The van der Waals surface area contributed by atoms with E-state index in [9.17, 15) is 28.1 Å².